The van der Waals surface area contributed by atoms with Gasteiger partial charge in [0.15, 0.2) is 0 Å². The molecule has 3 heterocycles. The van der Waals surface area contributed by atoms with Crippen LogP contribution >= 0.6 is 11.3 Å². The molecule has 7 heteroatoms. The molecule has 5 nitrogen and oxygen atoms in total. The number of carbonyl (C=O) groups excluding carboxylic acids is 1. The van der Waals surface area contributed by atoms with Crippen molar-refractivity contribution in [1.29, 1.82) is 0 Å². The SMILES string of the molecule is Cc1ccc(NC(=O)N[C@H](CCC(C)C)c2c(-n3cccc3)sc3c2CCN(C)C3)cc1F. The number of amides is 2. The maximum absolute atomic E-state index is 14.0. The predicted octanol–water partition coefficient (Wildman–Crippen LogP) is 6.27. The van der Waals surface area contributed by atoms with Crippen molar-refractivity contribution >= 4 is 23.1 Å². The lowest BCUT2D eigenvalue weighted by Crippen LogP contribution is -2.34. The first-order chi connectivity index (χ1) is 15.8. The number of likely N-dealkylation sites (N-methyl/N-ethyl adjacent to an activating group) is 1. The minimum Gasteiger partial charge on any atom is -0.331 e. The molecular weight excluding hydrogens is 435 g/mol. The van der Waals surface area contributed by atoms with Crippen molar-refractivity contribution in [3.63, 3.8) is 0 Å². The summed E-state index contributed by atoms with van der Waals surface area (Å²) in [6, 6.07) is 8.41. The molecule has 2 aromatic heterocycles. The fourth-order valence-electron chi connectivity index (χ4n) is 4.35. The summed E-state index contributed by atoms with van der Waals surface area (Å²) in [7, 11) is 2.15. The second kappa shape index (κ2) is 10.1. The van der Waals surface area contributed by atoms with Crippen molar-refractivity contribution in [2.24, 2.45) is 5.92 Å². The predicted molar refractivity (Wildman–Crippen MR) is 134 cm³/mol. The van der Waals surface area contributed by atoms with Crippen LogP contribution in [-0.2, 0) is 13.0 Å². The number of urea groups is 1. The molecule has 2 amide bonds. The smallest absolute Gasteiger partial charge is 0.319 e. The van der Waals surface area contributed by atoms with E-state index in [1.807, 2.05) is 23.5 Å². The Morgan fingerprint density at radius 3 is 2.67 bits per heavy atom. The average Bonchev–Trinajstić information content (AvgIpc) is 3.41. The molecule has 0 radical (unpaired) electrons. The van der Waals surface area contributed by atoms with E-state index in [2.05, 4.69) is 53.4 Å². The van der Waals surface area contributed by atoms with E-state index in [1.54, 1.807) is 19.1 Å². The molecule has 0 saturated heterocycles. The van der Waals surface area contributed by atoms with Gasteiger partial charge in [0.2, 0.25) is 0 Å². The van der Waals surface area contributed by atoms with Crippen LogP contribution < -0.4 is 10.6 Å². The number of benzene rings is 1. The van der Waals surface area contributed by atoms with Crippen LogP contribution in [0.25, 0.3) is 5.00 Å². The number of aryl methyl sites for hydroxylation is 1. The van der Waals surface area contributed by atoms with Gasteiger partial charge in [-0.15, -0.1) is 11.3 Å². The monoisotopic (exact) mass is 468 g/mol. The Hall–Kier alpha value is -2.64. The highest BCUT2D eigenvalue weighted by molar-refractivity contribution is 7.15. The van der Waals surface area contributed by atoms with Crippen LogP contribution in [0.4, 0.5) is 14.9 Å². The number of nitrogens with one attached hydrogen (secondary N) is 2. The number of anilines is 1. The second-order valence-electron chi connectivity index (χ2n) is 9.39. The van der Waals surface area contributed by atoms with Crippen LogP contribution in [0, 0.1) is 18.7 Å². The van der Waals surface area contributed by atoms with Gasteiger partial charge in [-0.1, -0.05) is 19.9 Å². The molecule has 1 atom stereocenters. The van der Waals surface area contributed by atoms with Gasteiger partial charge in [0, 0.05) is 41.6 Å². The third kappa shape index (κ3) is 5.47. The highest BCUT2D eigenvalue weighted by Crippen LogP contribution is 2.40. The van der Waals surface area contributed by atoms with Crippen molar-refractivity contribution in [2.75, 3.05) is 18.9 Å². The standard InChI is InChI=1S/C26H33FN4OS/c1-17(2)7-10-22(29-26(32)28-19-9-8-18(3)21(27)15-19)24-20-11-14-30(4)16-23(20)33-25(24)31-12-5-6-13-31/h5-6,8-9,12-13,15,17,22H,7,10-11,14,16H2,1-4H3,(H2,28,29,32)/t22-/m1/s1. The molecule has 0 aliphatic carbocycles. The maximum atomic E-state index is 14.0. The van der Waals surface area contributed by atoms with Gasteiger partial charge < -0.3 is 20.1 Å². The van der Waals surface area contributed by atoms with Gasteiger partial charge in [-0.25, -0.2) is 9.18 Å². The molecule has 1 aromatic carbocycles. The summed E-state index contributed by atoms with van der Waals surface area (Å²) in [4.78, 5) is 16.7. The van der Waals surface area contributed by atoms with E-state index in [0.29, 0.717) is 17.2 Å². The minimum atomic E-state index is -0.324. The van der Waals surface area contributed by atoms with Gasteiger partial charge in [-0.3, -0.25) is 0 Å². The van der Waals surface area contributed by atoms with Gasteiger partial charge in [-0.05, 0) is 74.5 Å². The van der Waals surface area contributed by atoms with E-state index >= 15 is 0 Å². The summed E-state index contributed by atoms with van der Waals surface area (Å²) >= 11 is 1.82. The van der Waals surface area contributed by atoms with Crippen LogP contribution in [0.15, 0.2) is 42.7 Å². The third-order valence-corrected chi connectivity index (χ3v) is 7.47. The fraction of sp³-hybridized carbons (Fsp3) is 0.423. The number of hydrogen-bond donors (Lipinski definition) is 2. The van der Waals surface area contributed by atoms with Crippen molar-refractivity contribution in [1.82, 2.24) is 14.8 Å². The summed E-state index contributed by atoms with van der Waals surface area (Å²) in [6.07, 6.45) is 6.96. The van der Waals surface area contributed by atoms with E-state index in [0.717, 1.165) is 32.4 Å². The minimum absolute atomic E-state index is 0.122. The molecule has 1 aliphatic rings. The van der Waals surface area contributed by atoms with Gasteiger partial charge in [0.1, 0.15) is 10.8 Å². The zero-order valence-corrected chi connectivity index (χ0v) is 20.6. The summed E-state index contributed by atoms with van der Waals surface area (Å²) in [5.74, 6) is 0.203. The number of thiophene rings is 1. The van der Waals surface area contributed by atoms with Gasteiger partial charge in [-0.2, -0.15) is 0 Å². The quantitative estimate of drug-likeness (QED) is 0.429. The number of nitrogens with zero attached hydrogens (tertiary/aromatic N) is 2. The first-order valence-corrected chi connectivity index (χ1v) is 12.4. The maximum Gasteiger partial charge on any atom is 0.319 e. The Kier molecular flexibility index (Phi) is 7.20. The number of hydrogen-bond acceptors (Lipinski definition) is 3. The van der Waals surface area contributed by atoms with E-state index in [1.165, 1.54) is 27.1 Å². The molecule has 33 heavy (non-hydrogen) atoms. The lowest BCUT2D eigenvalue weighted by molar-refractivity contribution is 0.247. The van der Waals surface area contributed by atoms with Gasteiger partial charge in [0.05, 0.1) is 6.04 Å². The molecule has 0 bridgehead atoms. The first-order valence-electron chi connectivity index (χ1n) is 11.6. The Bertz CT molecular complexity index is 1110. The Morgan fingerprint density at radius 2 is 1.97 bits per heavy atom. The summed E-state index contributed by atoms with van der Waals surface area (Å²) in [5.41, 5.74) is 3.61. The molecule has 0 spiro atoms. The molecule has 4 rings (SSSR count). The molecule has 2 N–H and O–H groups in total. The number of carbonyl (C=O) groups is 1. The highest BCUT2D eigenvalue weighted by Gasteiger charge is 2.29. The summed E-state index contributed by atoms with van der Waals surface area (Å²) in [5, 5.41) is 7.23. The van der Waals surface area contributed by atoms with E-state index in [4.69, 9.17) is 0 Å². The molecule has 3 aromatic rings. The Morgan fingerprint density at radius 1 is 1.21 bits per heavy atom. The molecular formula is C26H33FN4OS. The fourth-order valence-corrected chi connectivity index (χ4v) is 5.80. The zero-order valence-electron chi connectivity index (χ0n) is 19.8. The number of halogens is 1. The topological polar surface area (TPSA) is 49.3 Å². The average molecular weight is 469 g/mol. The van der Waals surface area contributed by atoms with Gasteiger partial charge in [0.25, 0.3) is 0 Å². The van der Waals surface area contributed by atoms with Crippen LogP contribution in [0.3, 0.4) is 0 Å². The Labute approximate surface area is 199 Å². The van der Waals surface area contributed by atoms with Crippen molar-refractivity contribution in [3.8, 4) is 5.00 Å². The van der Waals surface area contributed by atoms with Crippen LogP contribution in [-0.4, -0.2) is 29.1 Å². The van der Waals surface area contributed by atoms with Crippen LogP contribution in [0.2, 0.25) is 0 Å². The van der Waals surface area contributed by atoms with E-state index < -0.39 is 0 Å². The molecule has 0 saturated carbocycles. The number of rotatable bonds is 7. The number of aromatic nitrogens is 1. The van der Waals surface area contributed by atoms with Crippen LogP contribution in [0.1, 0.15) is 54.3 Å². The van der Waals surface area contributed by atoms with E-state index in [-0.39, 0.29) is 17.9 Å². The van der Waals surface area contributed by atoms with Crippen molar-refractivity contribution < 1.29 is 9.18 Å². The molecule has 0 unspecified atom stereocenters. The first kappa shape index (κ1) is 23.5. The lowest BCUT2D eigenvalue weighted by Gasteiger charge is -2.26. The van der Waals surface area contributed by atoms with Crippen molar-refractivity contribution in [3.05, 3.63) is 70.1 Å². The molecule has 176 valence electrons. The largest absolute Gasteiger partial charge is 0.331 e. The Balaban J connectivity index is 1.66. The summed E-state index contributed by atoms with van der Waals surface area (Å²) < 4.78 is 16.1. The van der Waals surface area contributed by atoms with Crippen molar-refractivity contribution in [2.45, 2.75) is 52.6 Å². The molecule has 0 fully saturated rings. The van der Waals surface area contributed by atoms with Crippen LogP contribution in [0.5, 0.6) is 0 Å². The highest BCUT2D eigenvalue weighted by atomic mass is 32.1. The normalized spacial score (nSPS) is 14.8. The lowest BCUT2D eigenvalue weighted by atomic mass is 9.92. The van der Waals surface area contributed by atoms with Gasteiger partial charge >= 0.3 is 6.03 Å². The summed E-state index contributed by atoms with van der Waals surface area (Å²) in [6.45, 7) is 8.06. The third-order valence-electron chi connectivity index (χ3n) is 6.22. The van der Waals surface area contributed by atoms with E-state index in [9.17, 15) is 9.18 Å². The second-order valence-corrected chi connectivity index (χ2v) is 10.5. The zero-order chi connectivity index (χ0) is 23.5. The molecule has 1 aliphatic heterocycles. The number of fused-ring (bicyclic) bond motifs is 1.